The minimum atomic E-state index is -4.02. The molecule has 266 valence electrons. The molecule has 4 atom stereocenters. The van der Waals surface area contributed by atoms with E-state index in [-0.39, 0.29) is 42.6 Å². The highest BCUT2D eigenvalue weighted by Crippen LogP contribution is 2.64. The number of aromatic nitrogens is 1. The van der Waals surface area contributed by atoms with E-state index in [9.17, 15) is 13.2 Å². The second kappa shape index (κ2) is 12.4. The molecule has 2 unspecified atom stereocenters. The van der Waals surface area contributed by atoms with Gasteiger partial charge in [0.05, 0.1) is 12.8 Å². The van der Waals surface area contributed by atoms with Crippen LogP contribution in [0.5, 0.6) is 5.75 Å². The molecule has 0 spiro atoms. The Morgan fingerprint density at radius 1 is 1.02 bits per heavy atom. The third kappa shape index (κ3) is 5.51. The van der Waals surface area contributed by atoms with E-state index in [1.54, 1.807) is 30.5 Å². The maximum Gasteiger partial charge on any atom is 0.303 e. The third-order valence-electron chi connectivity index (χ3n) is 12.0. The average Bonchev–Trinajstić information content (AvgIpc) is 3.77. The van der Waals surface area contributed by atoms with Crippen LogP contribution >= 0.6 is 0 Å². The lowest BCUT2D eigenvalue weighted by Crippen LogP contribution is -2.58. The molecule has 3 aromatic rings. The van der Waals surface area contributed by atoms with Crippen molar-refractivity contribution in [2.75, 3.05) is 40.8 Å². The molecular formula is C36H49N5O6S2. The second-order valence-corrected chi connectivity index (χ2v) is 18.8. The van der Waals surface area contributed by atoms with Crippen LogP contribution in [0.3, 0.4) is 0 Å². The van der Waals surface area contributed by atoms with Crippen molar-refractivity contribution in [1.29, 1.82) is 0 Å². The van der Waals surface area contributed by atoms with Gasteiger partial charge in [0.15, 0.2) is 0 Å². The van der Waals surface area contributed by atoms with E-state index in [0.29, 0.717) is 25.3 Å². The fraction of sp³-hybridized carbons (Fsp3) is 0.583. The predicted octanol–water partition coefficient (Wildman–Crippen LogP) is 4.88. The number of benzene rings is 2. The van der Waals surface area contributed by atoms with Crippen molar-refractivity contribution in [3.63, 3.8) is 0 Å². The van der Waals surface area contributed by atoms with E-state index in [1.807, 2.05) is 18.2 Å². The molecule has 2 saturated carbocycles. The summed E-state index contributed by atoms with van der Waals surface area (Å²) in [5, 5.41) is 0.988. The van der Waals surface area contributed by atoms with Crippen LogP contribution < -0.4 is 9.46 Å². The van der Waals surface area contributed by atoms with Crippen LogP contribution in [0.25, 0.3) is 22.2 Å². The summed E-state index contributed by atoms with van der Waals surface area (Å²) in [6, 6.07) is 11.6. The van der Waals surface area contributed by atoms with Crippen LogP contribution in [0.4, 0.5) is 0 Å². The molecule has 1 aromatic heterocycles. The Morgan fingerprint density at radius 3 is 2.37 bits per heavy atom. The summed E-state index contributed by atoms with van der Waals surface area (Å²) in [6.45, 7) is 7.17. The molecule has 2 aromatic carbocycles. The largest absolute Gasteiger partial charge is 0.497 e. The van der Waals surface area contributed by atoms with E-state index >= 15 is 8.42 Å². The minimum Gasteiger partial charge on any atom is -0.497 e. The van der Waals surface area contributed by atoms with Gasteiger partial charge in [-0.3, -0.25) is 9.69 Å². The van der Waals surface area contributed by atoms with Gasteiger partial charge in [0.2, 0.25) is 10.0 Å². The summed E-state index contributed by atoms with van der Waals surface area (Å²) >= 11 is 0. The fourth-order valence-corrected chi connectivity index (χ4v) is 12.0. The predicted molar refractivity (Wildman–Crippen MR) is 192 cm³/mol. The summed E-state index contributed by atoms with van der Waals surface area (Å²) in [6.07, 6.45) is 5.99. The number of nitrogens with zero attached hydrogens (tertiary/aromatic N) is 4. The summed E-state index contributed by atoms with van der Waals surface area (Å²) in [5.74, 6) is 0.0350. The van der Waals surface area contributed by atoms with Crippen LogP contribution in [0.1, 0.15) is 92.6 Å². The molecule has 2 aliphatic carbocycles. The van der Waals surface area contributed by atoms with E-state index in [1.165, 1.54) is 19.0 Å². The topological polar surface area (TPSA) is 121 Å². The Hall–Kier alpha value is -2.97. The number of nitrogens with one attached hydrogen (secondary N) is 1. The molecule has 49 heavy (non-hydrogen) atoms. The Labute approximate surface area is 290 Å². The number of carbonyl (C=O) groups excluding carboxylic acids is 1. The summed E-state index contributed by atoms with van der Waals surface area (Å²) < 4.78 is 67.5. The number of hydrogen-bond donors (Lipinski definition) is 1. The van der Waals surface area contributed by atoms with Crippen molar-refractivity contribution in [3.8, 4) is 17.0 Å². The molecule has 0 bridgehead atoms. The monoisotopic (exact) mass is 711 g/mol. The van der Waals surface area contributed by atoms with Gasteiger partial charge in [0.1, 0.15) is 10.5 Å². The molecule has 2 aliphatic heterocycles. The van der Waals surface area contributed by atoms with E-state index in [0.717, 1.165) is 57.7 Å². The van der Waals surface area contributed by atoms with Gasteiger partial charge in [-0.05, 0) is 87.5 Å². The standard InChI is InChI=1S/C36H49N5O6S2/c1-7-38(4)49(45,46)37-35(42)26-13-15-29-32(17-26)41-22-36(48(43,44)40-20-23(2)39(5)24(3)21-40)19-31(36)30-18-27(47-6)14-16-28(30)34(41)33(29)25-11-9-8-10-12-25/h13-18,23-25,31H,7-12,19-22H2,1-6H3,(H,37,42)/t23-,24+,31?,36?. The third-order valence-corrected chi connectivity index (χ3v) is 16.1. The molecule has 7 rings (SSSR count). The highest BCUT2D eigenvalue weighted by Gasteiger charge is 2.68. The van der Waals surface area contributed by atoms with Gasteiger partial charge in [-0.25, -0.2) is 13.1 Å². The van der Waals surface area contributed by atoms with Crippen molar-refractivity contribution in [2.45, 2.75) is 94.5 Å². The van der Waals surface area contributed by atoms with Gasteiger partial charge >= 0.3 is 10.2 Å². The van der Waals surface area contributed by atoms with Crippen LogP contribution in [0.2, 0.25) is 0 Å². The fourth-order valence-electron chi connectivity index (χ4n) is 8.67. The van der Waals surface area contributed by atoms with Gasteiger partial charge in [-0.1, -0.05) is 32.3 Å². The Balaban J connectivity index is 1.44. The Kier molecular flexibility index (Phi) is 8.70. The molecule has 0 radical (unpaired) electrons. The number of ether oxygens (including phenoxy) is 1. The smallest absolute Gasteiger partial charge is 0.303 e. The molecular weight excluding hydrogens is 663 g/mol. The lowest BCUT2D eigenvalue weighted by molar-refractivity contribution is 0.0979. The number of fused-ring (bicyclic) bond motifs is 7. The lowest BCUT2D eigenvalue weighted by Gasteiger charge is -2.43. The first kappa shape index (κ1) is 34.5. The number of piperazine rings is 1. The highest BCUT2D eigenvalue weighted by molar-refractivity contribution is 7.91. The minimum absolute atomic E-state index is 0.0789. The normalized spacial score (nSPS) is 26.6. The summed E-state index contributed by atoms with van der Waals surface area (Å²) in [5.41, 5.74) is 5.17. The van der Waals surface area contributed by atoms with Gasteiger partial charge in [0.25, 0.3) is 5.91 Å². The summed E-state index contributed by atoms with van der Waals surface area (Å²) in [7, 11) is -2.71. The first-order valence-electron chi connectivity index (χ1n) is 17.6. The number of rotatable bonds is 8. The molecule has 3 heterocycles. The number of sulfonamides is 1. The maximum atomic E-state index is 15.0. The molecule has 11 nitrogen and oxygen atoms in total. The molecule has 13 heteroatoms. The SMILES string of the molecule is CCN(C)S(=O)(=O)NC(=O)c1ccc2c(C3CCCCC3)c3n(c2c1)CC1(S(=O)(=O)N2C[C@@H](C)N(C)[C@@H](C)C2)CC1c1cc(OC)ccc1-3. The quantitative estimate of drug-likeness (QED) is 0.354. The van der Waals surface area contributed by atoms with Crippen LogP contribution in [-0.4, -0.2) is 98.5 Å². The second-order valence-electron chi connectivity index (χ2n) is 14.7. The van der Waals surface area contributed by atoms with Crippen LogP contribution in [0, 0.1) is 0 Å². The van der Waals surface area contributed by atoms with Gasteiger partial charge in [-0.2, -0.15) is 17.0 Å². The zero-order valence-electron chi connectivity index (χ0n) is 29.4. The van der Waals surface area contributed by atoms with E-state index < -0.39 is 30.9 Å². The Morgan fingerprint density at radius 2 is 1.71 bits per heavy atom. The molecule has 1 saturated heterocycles. The zero-order valence-corrected chi connectivity index (χ0v) is 31.0. The first-order chi connectivity index (χ1) is 23.2. The molecule has 4 aliphatic rings. The van der Waals surface area contributed by atoms with E-state index in [2.05, 4.69) is 41.2 Å². The molecule has 3 fully saturated rings. The van der Waals surface area contributed by atoms with Gasteiger partial charge < -0.3 is 9.30 Å². The van der Waals surface area contributed by atoms with Crippen LogP contribution in [-0.2, 0) is 26.8 Å². The highest BCUT2D eigenvalue weighted by atomic mass is 32.2. The number of hydrogen-bond acceptors (Lipinski definition) is 7. The van der Waals surface area contributed by atoms with Crippen molar-refractivity contribution < 1.29 is 26.4 Å². The summed E-state index contributed by atoms with van der Waals surface area (Å²) in [4.78, 5) is 15.7. The number of methoxy groups -OCH3 is 1. The van der Waals surface area contributed by atoms with Gasteiger partial charge in [0, 0.05) is 73.3 Å². The maximum absolute atomic E-state index is 15.0. The van der Waals surface area contributed by atoms with Crippen molar-refractivity contribution >= 4 is 37.0 Å². The lowest BCUT2D eigenvalue weighted by atomic mass is 9.81. The van der Waals surface area contributed by atoms with Gasteiger partial charge in [-0.15, -0.1) is 0 Å². The number of carbonyl (C=O) groups is 1. The average molecular weight is 712 g/mol. The van der Waals surface area contributed by atoms with Crippen molar-refractivity contribution in [2.24, 2.45) is 0 Å². The van der Waals surface area contributed by atoms with Crippen molar-refractivity contribution in [1.82, 2.24) is 22.8 Å². The zero-order chi connectivity index (χ0) is 35.0. The number of amides is 1. The first-order valence-corrected chi connectivity index (χ1v) is 20.5. The van der Waals surface area contributed by atoms with Crippen LogP contribution in [0.15, 0.2) is 36.4 Å². The number of likely N-dealkylation sites (N-methyl/N-ethyl adjacent to an activating group) is 1. The molecule has 1 amide bonds. The van der Waals surface area contributed by atoms with Crippen molar-refractivity contribution in [3.05, 3.63) is 53.1 Å². The Bertz CT molecular complexity index is 2010. The molecule has 1 N–H and O–H groups in total. The van der Waals surface area contributed by atoms with E-state index in [4.69, 9.17) is 4.74 Å².